The van der Waals surface area contributed by atoms with Gasteiger partial charge >= 0.3 is 5.97 Å². The van der Waals surface area contributed by atoms with Crippen LogP contribution in [0.1, 0.15) is 78.6 Å². The summed E-state index contributed by atoms with van der Waals surface area (Å²) >= 11 is 0. The second-order valence-electron chi connectivity index (χ2n) is 11.0. The number of aliphatic carboxylic acids is 1. The topological polar surface area (TPSA) is 91.7 Å². The van der Waals surface area contributed by atoms with Gasteiger partial charge in [0.1, 0.15) is 11.6 Å². The molecule has 0 aromatic heterocycles. The van der Waals surface area contributed by atoms with Crippen molar-refractivity contribution >= 4 is 17.5 Å². The maximum atomic E-state index is 13.6. The van der Waals surface area contributed by atoms with Crippen molar-refractivity contribution in [1.29, 1.82) is 0 Å². The lowest BCUT2D eigenvalue weighted by Crippen LogP contribution is -2.59. The summed E-state index contributed by atoms with van der Waals surface area (Å²) in [4.78, 5) is 38.1. The summed E-state index contributed by atoms with van der Waals surface area (Å²) < 4.78 is 0. The van der Waals surface area contributed by atoms with Gasteiger partial charge in [-0.25, -0.2) is 4.79 Å². The average Bonchev–Trinajstić information content (AvgIpc) is 3.01. The van der Waals surface area contributed by atoms with Crippen LogP contribution in [0.2, 0.25) is 0 Å². The Kier molecular flexibility index (Phi) is 5.20. The van der Waals surface area contributed by atoms with Gasteiger partial charge in [0, 0.05) is 24.2 Å². The number of Topliss-reactive ketones (excluding diaryl/α,β-unsaturated/α-hetero) is 2. The molecule has 4 aliphatic carbocycles. The average molecular weight is 405 g/mol. The number of hydrogen-bond acceptors (Lipinski definition) is 4. The zero-order valence-corrected chi connectivity index (χ0v) is 18.0. The van der Waals surface area contributed by atoms with Crippen LogP contribution in [0.3, 0.4) is 0 Å². The van der Waals surface area contributed by atoms with Crippen molar-refractivity contribution in [1.82, 2.24) is 0 Å². The van der Waals surface area contributed by atoms with Gasteiger partial charge in [0.2, 0.25) is 0 Å². The molecule has 29 heavy (non-hydrogen) atoms. The predicted octanol–water partition coefficient (Wildman–Crippen LogP) is 3.87. The number of carbonyl (C=O) groups is 3. The van der Waals surface area contributed by atoms with Crippen molar-refractivity contribution in [3.8, 4) is 0 Å². The summed E-state index contributed by atoms with van der Waals surface area (Å²) in [7, 11) is 0. The minimum Gasteiger partial charge on any atom is -0.479 e. The van der Waals surface area contributed by atoms with Gasteiger partial charge in [-0.1, -0.05) is 33.6 Å². The first-order valence-corrected chi connectivity index (χ1v) is 11.6. The Labute approximate surface area is 173 Å². The normalized spacial score (nSPS) is 46.4. The molecule has 1 unspecified atom stereocenters. The SMILES string of the molecule is C[C@H](CC(O)C(=O)O)[C@H]1CC[C@H]2[C@@H]3C(=O)C[C@@H]4CCCC[C@]4(C)[C@H]3CC(=O)[C@]12C. The van der Waals surface area contributed by atoms with E-state index in [2.05, 4.69) is 6.92 Å². The first-order valence-electron chi connectivity index (χ1n) is 11.6. The first kappa shape index (κ1) is 21.0. The Hall–Kier alpha value is -1.23. The van der Waals surface area contributed by atoms with Crippen molar-refractivity contribution in [2.75, 3.05) is 0 Å². The fourth-order valence-corrected chi connectivity index (χ4v) is 8.24. The number of carbonyl (C=O) groups excluding carboxylic acids is 2. The third-order valence-electron chi connectivity index (χ3n) is 9.89. The lowest BCUT2D eigenvalue weighted by atomic mass is 9.44. The highest BCUT2D eigenvalue weighted by Crippen LogP contribution is 2.66. The van der Waals surface area contributed by atoms with Crippen LogP contribution in [0.5, 0.6) is 0 Å². The molecule has 4 aliphatic rings. The zero-order chi connectivity index (χ0) is 21.1. The standard InChI is InChI=1S/C24H36O5/c1-13(10-19(26)22(28)29)15-7-8-16-21-17(12-20(27)24(15,16)3)23(2)9-5-4-6-14(23)11-18(21)25/h13-17,19,21,26H,4-12H2,1-3H3,(H,28,29)/t13-,14+,15-,16+,17+,19?,21+,23+,24-/m1/s1. The first-order chi connectivity index (χ1) is 13.6. The molecule has 0 aliphatic heterocycles. The molecule has 0 radical (unpaired) electrons. The van der Waals surface area contributed by atoms with E-state index < -0.39 is 17.5 Å². The molecule has 4 rings (SSSR count). The van der Waals surface area contributed by atoms with Crippen LogP contribution in [0.15, 0.2) is 0 Å². The molecular weight excluding hydrogens is 368 g/mol. The summed E-state index contributed by atoms with van der Waals surface area (Å²) in [5.41, 5.74) is -0.455. The third-order valence-corrected chi connectivity index (χ3v) is 9.89. The smallest absolute Gasteiger partial charge is 0.332 e. The number of fused-ring (bicyclic) bond motifs is 5. The lowest BCUT2D eigenvalue weighted by molar-refractivity contribution is -0.166. The number of carboxylic acid groups (broad SMARTS) is 1. The van der Waals surface area contributed by atoms with E-state index in [-0.39, 0.29) is 47.2 Å². The van der Waals surface area contributed by atoms with E-state index in [4.69, 9.17) is 5.11 Å². The molecule has 4 fully saturated rings. The molecule has 162 valence electrons. The molecule has 5 heteroatoms. The maximum Gasteiger partial charge on any atom is 0.332 e. The Morgan fingerprint density at radius 1 is 1.10 bits per heavy atom. The fourth-order valence-electron chi connectivity index (χ4n) is 8.24. The number of carboxylic acids is 1. The quantitative estimate of drug-likeness (QED) is 0.742. The molecule has 9 atom stereocenters. The van der Waals surface area contributed by atoms with Crippen molar-refractivity contribution in [2.24, 2.45) is 46.3 Å². The van der Waals surface area contributed by atoms with E-state index in [0.717, 1.165) is 25.7 Å². The number of ketones is 2. The van der Waals surface area contributed by atoms with Gasteiger partial charge in [0.25, 0.3) is 0 Å². The Morgan fingerprint density at radius 2 is 1.83 bits per heavy atom. The van der Waals surface area contributed by atoms with E-state index in [1.54, 1.807) is 0 Å². The van der Waals surface area contributed by atoms with Crippen LogP contribution in [-0.2, 0) is 14.4 Å². The number of aliphatic hydroxyl groups is 1. The minimum atomic E-state index is -1.39. The molecule has 4 saturated carbocycles. The van der Waals surface area contributed by atoms with E-state index in [9.17, 15) is 19.5 Å². The van der Waals surface area contributed by atoms with Crippen molar-refractivity contribution in [3.05, 3.63) is 0 Å². The molecule has 2 N–H and O–H groups in total. The van der Waals surface area contributed by atoms with Crippen LogP contribution in [-0.4, -0.2) is 33.9 Å². The van der Waals surface area contributed by atoms with Gasteiger partial charge in [-0.05, 0) is 67.1 Å². The number of aliphatic hydroxyl groups excluding tert-OH is 1. The Bertz CT molecular complexity index is 716. The summed E-state index contributed by atoms with van der Waals surface area (Å²) in [6.07, 6.45) is 6.32. The zero-order valence-electron chi connectivity index (χ0n) is 18.0. The van der Waals surface area contributed by atoms with Gasteiger partial charge in [-0.2, -0.15) is 0 Å². The molecule has 5 nitrogen and oxygen atoms in total. The monoisotopic (exact) mass is 404 g/mol. The lowest BCUT2D eigenvalue weighted by Gasteiger charge is -2.59. The third kappa shape index (κ3) is 3.02. The molecule has 0 bridgehead atoms. The van der Waals surface area contributed by atoms with Crippen LogP contribution in [0.25, 0.3) is 0 Å². The van der Waals surface area contributed by atoms with Crippen molar-refractivity contribution < 1.29 is 24.6 Å². The van der Waals surface area contributed by atoms with Gasteiger partial charge in [-0.15, -0.1) is 0 Å². The van der Waals surface area contributed by atoms with Gasteiger partial charge in [0.05, 0.1) is 0 Å². The number of rotatable bonds is 4. The Morgan fingerprint density at radius 3 is 2.52 bits per heavy atom. The largest absolute Gasteiger partial charge is 0.479 e. The maximum absolute atomic E-state index is 13.6. The van der Waals surface area contributed by atoms with Crippen molar-refractivity contribution in [3.63, 3.8) is 0 Å². The summed E-state index contributed by atoms with van der Waals surface area (Å²) in [5, 5.41) is 18.9. The molecular formula is C24H36O5. The highest BCUT2D eigenvalue weighted by atomic mass is 16.4. The molecule has 0 heterocycles. The van der Waals surface area contributed by atoms with Crippen LogP contribution < -0.4 is 0 Å². The molecule has 0 aromatic rings. The van der Waals surface area contributed by atoms with E-state index >= 15 is 0 Å². The van der Waals surface area contributed by atoms with Crippen molar-refractivity contribution in [2.45, 2.75) is 84.7 Å². The summed E-state index contributed by atoms with van der Waals surface area (Å²) in [5.74, 6) is 0.111. The molecule has 0 saturated heterocycles. The molecule has 0 spiro atoms. The van der Waals surface area contributed by atoms with Crippen LogP contribution in [0.4, 0.5) is 0 Å². The van der Waals surface area contributed by atoms with Crippen LogP contribution in [0, 0.1) is 46.3 Å². The molecule has 0 aromatic carbocycles. The van der Waals surface area contributed by atoms with E-state index in [1.165, 1.54) is 12.8 Å². The Balaban J connectivity index is 1.63. The highest BCUT2D eigenvalue weighted by molar-refractivity contribution is 5.92. The second kappa shape index (κ2) is 7.18. The van der Waals surface area contributed by atoms with Gasteiger partial charge in [0.15, 0.2) is 6.10 Å². The fraction of sp³-hybridized carbons (Fsp3) is 0.875. The number of hydrogen-bond donors (Lipinski definition) is 2. The van der Waals surface area contributed by atoms with Gasteiger partial charge in [-0.3, -0.25) is 9.59 Å². The molecule has 0 amide bonds. The highest BCUT2D eigenvalue weighted by Gasteiger charge is 2.65. The second-order valence-corrected chi connectivity index (χ2v) is 11.0. The summed E-state index contributed by atoms with van der Waals surface area (Å²) in [6, 6.07) is 0. The van der Waals surface area contributed by atoms with E-state index in [1.807, 2.05) is 13.8 Å². The predicted molar refractivity (Wildman–Crippen MR) is 108 cm³/mol. The minimum absolute atomic E-state index is 0.0151. The van der Waals surface area contributed by atoms with Crippen LogP contribution >= 0.6 is 0 Å². The van der Waals surface area contributed by atoms with Gasteiger partial charge < -0.3 is 10.2 Å². The summed E-state index contributed by atoms with van der Waals surface area (Å²) in [6.45, 7) is 6.35. The van der Waals surface area contributed by atoms with E-state index in [0.29, 0.717) is 24.5 Å².